The zero-order chi connectivity index (χ0) is 31.4. The van der Waals surface area contributed by atoms with Crippen molar-refractivity contribution in [2.24, 2.45) is 21.4 Å². The van der Waals surface area contributed by atoms with E-state index in [2.05, 4.69) is 46.6 Å². The maximum absolute atomic E-state index is 14.5. The minimum absolute atomic E-state index is 0.0184. The number of ether oxygens (including phenoxy) is 1. The Morgan fingerprint density at radius 1 is 1.28 bits per heavy atom. The molecule has 3 aliphatic rings. The lowest BCUT2D eigenvalue weighted by Crippen LogP contribution is -2.40. The molecule has 0 bridgehead atoms. The molecule has 0 saturated carbocycles. The molecule has 9 nitrogen and oxygen atoms in total. The van der Waals surface area contributed by atoms with Gasteiger partial charge in [0.15, 0.2) is 5.84 Å². The molecule has 1 saturated heterocycles. The third kappa shape index (κ3) is 7.47. The summed E-state index contributed by atoms with van der Waals surface area (Å²) in [5.41, 5.74) is 0.747. The number of hydrogen-bond acceptors (Lipinski definition) is 6. The number of hydrogen-bond donors (Lipinski definition) is 3. The fraction of sp³-hybridized carbons (Fsp3) is 0.533. The molecule has 1 aromatic carbocycles. The fourth-order valence-electron chi connectivity index (χ4n) is 6.21. The zero-order valence-electron chi connectivity index (χ0n) is 24.6. The summed E-state index contributed by atoms with van der Waals surface area (Å²) in [6.45, 7) is 8.85. The standard InChI is InChI=1S/C30H38ClF3N6O3/c1-18-16-29(10-7-19(2)37-12-11-29)25(26(18)35-3)28(42)40(39-27(36-4)20-8-13-43-14-9-20)17-24(41)38-23-6-5-21(15-22(23)31)30(32,33)34/h5-6,8,15,18-19,35,37H,4,7,9-14,16-17H2,1-3H3,(H,38,41)/b39-27-. The van der Waals surface area contributed by atoms with Crippen LogP contribution in [0.2, 0.25) is 5.02 Å². The first-order valence-electron chi connectivity index (χ1n) is 14.3. The Morgan fingerprint density at radius 3 is 2.67 bits per heavy atom. The fourth-order valence-corrected chi connectivity index (χ4v) is 6.44. The molecular weight excluding hydrogens is 585 g/mol. The number of nitrogens with one attached hydrogen (secondary N) is 3. The molecule has 3 atom stereocenters. The number of halogens is 4. The first-order chi connectivity index (χ1) is 20.4. The van der Waals surface area contributed by atoms with Gasteiger partial charge in [0, 0.05) is 29.8 Å². The van der Waals surface area contributed by atoms with Crippen LogP contribution in [0.5, 0.6) is 0 Å². The van der Waals surface area contributed by atoms with Crippen molar-refractivity contribution in [2.45, 2.75) is 58.2 Å². The number of amides is 2. The minimum atomic E-state index is -4.59. The van der Waals surface area contributed by atoms with E-state index in [9.17, 15) is 22.8 Å². The molecule has 0 radical (unpaired) electrons. The quantitative estimate of drug-likeness (QED) is 0.222. The van der Waals surface area contributed by atoms with Gasteiger partial charge < -0.3 is 20.7 Å². The molecule has 1 fully saturated rings. The molecule has 13 heteroatoms. The second-order valence-electron chi connectivity index (χ2n) is 11.3. The van der Waals surface area contributed by atoms with Gasteiger partial charge in [0.25, 0.3) is 5.91 Å². The Balaban J connectivity index is 1.71. The van der Waals surface area contributed by atoms with Crippen LogP contribution >= 0.6 is 11.6 Å². The number of aliphatic imine (C=N–C) groups is 1. The van der Waals surface area contributed by atoms with E-state index >= 15 is 0 Å². The first-order valence-corrected chi connectivity index (χ1v) is 14.7. The molecule has 2 heterocycles. The summed E-state index contributed by atoms with van der Waals surface area (Å²) in [5, 5.41) is 14.6. The number of carbonyl (C=O) groups excluding carboxylic acids is 2. The summed E-state index contributed by atoms with van der Waals surface area (Å²) in [6, 6.07) is 2.95. The number of alkyl halides is 3. The van der Waals surface area contributed by atoms with Crippen molar-refractivity contribution < 1.29 is 27.5 Å². The molecule has 3 unspecified atom stereocenters. The van der Waals surface area contributed by atoms with Gasteiger partial charge in [0.2, 0.25) is 5.91 Å². The highest BCUT2D eigenvalue weighted by molar-refractivity contribution is 6.33. The van der Waals surface area contributed by atoms with Crippen molar-refractivity contribution >= 4 is 41.7 Å². The molecule has 2 aliphatic heterocycles. The average Bonchev–Trinajstić information content (AvgIpc) is 3.11. The van der Waals surface area contributed by atoms with Gasteiger partial charge in [-0.3, -0.25) is 9.59 Å². The van der Waals surface area contributed by atoms with Crippen LogP contribution in [0.15, 0.2) is 51.2 Å². The van der Waals surface area contributed by atoms with Gasteiger partial charge in [-0.15, -0.1) is 5.10 Å². The van der Waals surface area contributed by atoms with Gasteiger partial charge in [-0.1, -0.05) is 24.6 Å². The molecule has 234 valence electrons. The van der Waals surface area contributed by atoms with Crippen molar-refractivity contribution in [3.8, 4) is 0 Å². The normalized spacial score (nSPS) is 24.8. The van der Waals surface area contributed by atoms with E-state index in [0.717, 1.165) is 66.7 Å². The van der Waals surface area contributed by atoms with Gasteiger partial charge in [-0.2, -0.15) is 13.2 Å². The van der Waals surface area contributed by atoms with Crippen LogP contribution in [0.3, 0.4) is 0 Å². The summed E-state index contributed by atoms with van der Waals surface area (Å²) >= 11 is 6.08. The summed E-state index contributed by atoms with van der Waals surface area (Å²) in [4.78, 5) is 31.9. The Hall–Kier alpha value is -3.22. The van der Waals surface area contributed by atoms with E-state index in [-0.39, 0.29) is 22.5 Å². The van der Waals surface area contributed by atoms with Crippen LogP contribution in [0.25, 0.3) is 0 Å². The molecule has 1 aromatic rings. The van der Waals surface area contributed by atoms with E-state index in [4.69, 9.17) is 16.3 Å². The van der Waals surface area contributed by atoms with E-state index in [0.29, 0.717) is 31.2 Å². The zero-order valence-corrected chi connectivity index (χ0v) is 25.4. The lowest BCUT2D eigenvalue weighted by molar-refractivity contribution is -0.137. The van der Waals surface area contributed by atoms with Crippen LogP contribution in [0.4, 0.5) is 18.9 Å². The number of hydrazone groups is 1. The number of carbonyl (C=O) groups is 2. The Bertz CT molecular complexity index is 1340. The summed E-state index contributed by atoms with van der Waals surface area (Å²) in [7, 11) is 1.78. The highest BCUT2D eigenvalue weighted by Gasteiger charge is 2.49. The number of benzene rings is 1. The second kappa shape index (κ2) is 13.6. The SMILES string of the molecule is C=N/C(=N\N(CC(=O)Nc1ccc(C(F)(F)F)cc1Cl)C(=O)C1=C(NC)C(C)CC12CCNC(C)CC2)C1=CCOCC1. The lowest BCUT2D eigenvalue weighted by Gasteiger charge is -2.32. The van der Waals surface area contributed by atoms with Crippen LogP contribution in [-0.2, 0) is 20.5 Å². The highest BCUT2D eigenvalue weighted by atomic mass is 35.5. The summed E-state index contributed by atoms with van der Waals surface area (Å²) < 4.78 is 44.8. The van der Waals surface area contributed by atoms with E-state index in [1.54, 1.807) is 13.1 Å². The Kier molecular flexibility index (Phi) is 10.3. The van der Waals surface area contributed by atoms with Crippen molar-refractivity contribution in [2.75, 3.05) is 38.7 Å². The smallest absolute Gasteiger partial charge is 0.391 e. The molecule has 4 rings (SSSR count). The Morgan fingerprint density at radius 2 is 2.05 bits per heavy atom. The van der Waals surface area contributed by atoms with Crippen LogP contribution in [-0.4, -0.2) is 68.8 Å². The van der Waals surface area contributed by atoms with Crippen molar-refractivity contribution in [3.05, 3.63) is 51.7 Å². The van der Waals surface area contributed by atoms with Gasteiger partial charge in [0.1, 0.15) is 6.54 Å². The number of anilines is 1. The molecule has 43 heavy (non-hydrogen) atoms. The van der Waals surface area contributed by atoms with Gasteiger partial charge >= 0.3 is 6.18 Å². The monoisotopic (exact) mass is 622 g/mol. The maximum Gasteiger partial charge on any atom is 0.416 e. The maximum atomic E-state index is 14.5. The Labute approximate surface area is 254 Å². The minimum Gasteiger partial charge on any atom is -0.391 e. The number of amidine groups is 1. The van der Waals surface area contributed by atoms with Crippen molar-refractivity contribution in [3.63, 3.8) is 0 Å². The molecule has 2 amide bonds. The summed E-state index contributed by atoms with van der Waals surface area (Å²) in [6.07, 6.45) is 0.905. The third-order valence-corrected chi connectivity index (χ3v) is 8.65. The first kappa shape index (κ1) is 32.7. The summed E-state index contributed by atoms with van der Waals surface area (Å²) in [5.74, 6) is -0.852. The predicted octanol–water partition coefficient (Wildman–Crippen LogP) is 5.15. The van der Waals surface area contributed by atoms with Crippen molar-refractivity contribution in [1.82, 2.24) is 15.6 Å². The third-order valence-electron chi connectivity index (χ3n) is 8.34. The highest BCUT2D eigenvalue weighted by Crippen LogP contribution is 2.52. The van der Waals surface area contributed by atoms with Crippen LogP contribution < -0.4 is 16.0 Å². The number of allylic oxidation sites excluding steroid dienone is 1. The van der Waals surface area contributed by atoms with Crippen LogP contribution in [0, 0.1) is 11.3 Å². The number of nitrogens with zero attached hydrogens (tertiary/aromatic N) is 3. The van der Waals surface area contributed by atoms with Crippen LogP contribution in [0.1, 0.15) is 51.5 Å². The molecule has 1 spiro atoms. The largest absolute Gasteiger partial charge is 0.416 e. The molecule has 3 N–H and O–H groups in total. The van der Waals surface area contributed by atoms with Gasteiger partial charge in [-0.05, 0) is 82.0 Å². The second-order valence-corrected chi connectivity index (χ2v) is 11.7. The van der Waals surface area contributed by atoms with Gasteiger partial charge in [-0.25, -0.2) is 10.0 Å². The van der Waals surface area contributed by atoms with Crippen molar-refractivity contribution in [1.29, 1.82) is 0 Å². The van der Waals surface area contributed by atoms with E-state index in [1.807, 2.05) is 0 Å². The molecule has 0 aromatic heterocycles. The van der Waals surface area contributed by atoms with Gasteiger partial charge in [0.05, 0.1) is 29.5 Å². The molecular formula is C30H38ClF3N6O3. The lowest BCUT2D eigenvalue weighted by atomic mass is 9.73. The predicted molar refractivity (Wildman–Crippen MR) is 161 cm³/mol. The molecule has 1 aliphatic carbocycles. The van der Waals surface area contributed by atoms with E-state index in [1.165, 1.54) is 0 Å². The topological polar surface area (TPSA) is 107 Å². The average molecular weight is 623 g/mol. The number of rotatable bonds is 7. The van der Waals surface area contributed by atoms with E-state index < -0.39 is 35.5 Å².